The normalized spacial score (nSPS) is 10.9. The van der Waals surface area contributed by atoms with Crippen molar-refractivity contribution in [2.75, 3.05) is 12.4 Å². The number of ether oxygens (including phenoxy) is 1. The maximum absolute atomic E-state index is 12.7. The molecule has 1 amide bonds. The predicted molar refractivity (Wildman–Crippen MR) is 138 cm³/mol. The van der Waals surface area contributed by atoms with Crippen molar-refractivity contribution in [3.63, 3.8) is 0 Å². The molecule has 0 radical (unpaired) electrons. The molecule has 0 atom stereocenters. The first-order valence-electron chi connectivity index (χ1n) is 10.7. The summed E-state index contributed by atoms with van der Waals surface area (Å²) in [6.45, 7) is 1.88. The van der Waals surface area contributed by atoms with Crippen LogP contribution in [0.5, 0.6) is 5.75 Å². The van der Waals surface area contributed by atoms with Gasteiger partial charge in [0.15, 0.2) is 10.7 Å². The highest BCUT2D eigenvalue weighted by Crippen LogP contribution is 2.28. The molecular formula is C27H21N3O3S. The number of carbonyl (C=O) groups excluding carboxylic acids is 1. The van der Waals surface area contributed by atoms with Gasteiger partial charge in [-0.05, 0) is 71.9 Å². The third-order valence-corrected chi connectivity index (χ3v) is 5.73. The van der Waals surface area contributed by atoms with Gasteiger partial charge in [-0.1, -0.05) is 42.5 Å². The minimum Gasteiger partial charge on any atom is -0.496 e. The number of hydrogen-bond donors (Lipinski definition) is 2. The predicted octanol–water partition coefficient (Wildman–Crippen LogP) is 6.09. The molecule has 0 saturated heterocycles. The SMILES string of the molecule is COc1c(C)cccc1C(=O)NC(=S)Nc1ccc2oc(-c3ccc4ccccc4c3)nc2c1. The molecule has 1 heterocycles. The van der Waals surface area contributed by atoms with E-state index in [2.05, 4.69) is 39.9 Å². The lowest BCUT2D eigenvalue weighted by Gasteiger charge is -2.13. The molecular weight excluding hydrogens is 446 g/mol. The Bertz CT molecular complexity index is 1560. The van der Waals surface area contributed by atoms with Crippen LogP contribution >= 0.6 is 12.2 Å². The number of aryl methyl sites for hydroxylation is 1. The monoisotopic (exact) mass is 467 g/mol. The van der Waals surface area contributed by atoms with E-state index in [4.69, 9.17) is 21.4 Å². The van der Waals surface area contributed by atoms with E-state index in [1.807, 2.05) is 49.4 Å². The Labute approximate surface area is 201 Å². The average molecular weight is 468 g/mol. The minimum absolute atomic E-state index is 0.172. The summed E-state index contributed by atoms with van der Waals surface area (Å²) in [5.74, 6) is 0.715. The number of amides is 1. The number of oxazole rings is 1. The third kappa shape index (κ3) is 4.21. The summed E-state index contributed by atoms with van der Waals surface area (Å²) in [5, 5.41) is 8.19. The fraction of sp³-hybridized carbons (Fsp3) is 0.0741. The van der Waals surface area contributed by atoms with E-state index in [-0.39, 0.29) is 11.0 Å². The van der Waals surface area contributed by atoms with Crippen molar-refractivity contribution in [2.24, 2.45) is 0 Å². The Kier molecular flexibility index (Phi) is 5.69. The fourth-order valence-corrected chi connectivity index (χ4v) is 4.10. The van der Waals surface area contributed by atoms with E-state index in [0.29, 0.717) is 34.0 Å². The van der Waals surface area contributed by atoms with Crippen molar-refractivity contribution in [3.05, 3.63) is 90.0 Å². The summed E-state index contributed by atoms with van der Waals surface area (Å²) in [6.07, 6.45) is 0. The Balaban J connectivity index is 1.34. The van der Waals surface area contributed by atoms with Crippen molar-refractivity contribution < 1.29 is 13.9 Å². The largest absolute Gasteiger partial charge is 0.496 e. The van der Waals surface area contributed by atoms with Crippen LogP contribution in [0.25, 0.3) is 33.3 Å². The number of benzene rings is 4. The average Bonchev–Trinajstić information content (AvgIpc) is 3.27. The van der Waals surface area contributed by atoms with Gasteiger partial charge in [-0.2, -0.15) is 0 Å². The van der Waals surface area contributed by atoms with Crippen LogP contribution in [0.4, 0.5) is 5.69 Å². The van der Waals surface area contributed by atoms with Gasteiger partial charge in [0.05, 0.1) is 12.7 Å². The number of fused-ring (bicyclic) bond motifs is 2. The minimum atomic E-state index is -0.348. The van der Waals surface area contributed by atoms with Gasteiger partial charge in [0.25, 0.3) is 5.91 Å². The summed E-state index contributed by atoms with van der Waals surface area (Å²) < 4.78 is 11.3. The number of para-hydroxylation sites is 1. The van der Waals surface area contributed by atoms with Gasteiger partial charge in [0, 0.05) is 11.3 Å². The van der Waals surface area contributed by atoms with Crippen molar-refractivity contribution in [2.45, 2.75) is 6.92 Å². The zero-order chi connectivity index (χ0) is 23.7. The van der Waals surface area contributed by atoms with E-state index in [1.165, 1.54) is 7.11 Å². The second-order valence-corrected chi connectivity index (χ2v) is 8.24. The van der Waals surface area contributed by atoms with Gasteiger partial charge < -0.3 is 14.5 Å². The van der Waals surface area contributed by atoms with Crippen LogP contribution in [0.1, 0.15) is 15.9 Å². The number of nitrogens with zero attached hydrogens (tertiary/aromatic N) is 1. The van der Waals surface area contributed by atoms with Crippen molar-refractivity contribution in [1.82, 2.24) is 10.3 Å². The van der Waals surface area contributed by atoms with Crippen LogP contribution in [0.15, 0.2) is 83.3 Å². The Morgan fingerprint density at radius 3 is 2.62 bits per heavy atom. The lowest BCUT2D eigenvalue weighted by molar-refractivity contribution is 0.0974. The van der Waals surface area contributed by atoms with Gasteiger partial charge in [-0.15, -0.1) is 0 Å². The summed E-state index contributed by atoms with van der Waals surface area (Å²) in [5.41, 5.74) is 4.22. The topological polar surface area (TPSA) is 76.4 Å². The number of rotatable bonds is 4. The molecule has 0 spiro atoms. The zero-order valence-corrected chi connectivity index (χ0v) is 19.4. The Hall–Kier alpha value is -4.23. The number of thiocarbonyl (C=S) groups is 1. The molecule has 5 aromatic rings. The smallest absolute Gasteiger partial charge is 0.261 e. The molecule has 0 fully saturated rings. The summed E-state index contributed by atoms with van der Waals surface area (Å²) >= 11 is 5.35. The number of hydrogen-bond acceptors (Lipinski definition) is 5. The number of nitrogens with one attached hydrogen (secondary N) is 2. The molecule has 0 unspecified atom stereocenters. The first kappa shape index (κ1) is 21.6. The van der Waals surface area contributed by atoms with Gasteiger partial charge in [-0.25, -0.2) is 4.98 Å². The molecule has 0 aliphatic rings. The van der Waals surface area contributed by atoms with Crippen LogP contribution < -0.4 is 15.4 Å². The highest BCUT2D eigenvalue weighted by atomic mass is 32.1. The number of methoxy groups -OCH3 is 1. The van der Waals surface area contributed by atoms with Crippen LogP contribution in [-0.2, 0) is 0 Å². The third-order valence-electron chi connectivity index (χ3n) is 5.53. The van der Waals surface area contributed by atoms with E-state index >= 15 is 0 Å². The van der Waals surface area contributed by atoms with Crippen LogP contribution in [0, 0.1) is 6.92 Å². The van der Waals surface area contributed by atoms with E-state index in [9.17, 15) is 4.79 Å². The molecule has 1 aromatic heterocycles. The van der Waals surface area contributed by atoms with Gasteiger partial charge >= 0.3 is 0 Å². The quantitative estimate of drug-likeness (QED) is 0.312. The summed E-state index contributed by atoms with van der Waals surface area (Å²) in [4.78, 5) is 17.3. The van der Waals surface area contributed by atoms with Crippen LogP contribution in [-0.4, -0.2) is 23.1 Å². The fourth-order valence-electron chi connectivity index (χ4n) is 3.89. The summed E-state index contributed by atoms with van der Waals surface area (Å²) in [7, 11) is 1.54. The van der Waals surface area contributed by atoms with Gasteiger partial charge in [0.1, 0.15) is 11.3 Å². The number of carbonyl (C=O) groups is 1. The second kappa shape index (κ2) is 8.96. The first-order valence-corrected chi connectivity index (χ1v) is 11.1. The summed E-state index contributed by atoms with van der Waals surface area (Å²) in [6, 6.07) is 25.1. The molecule has 5 rings (SSSR count). The lowest BCUT2D eigenvalue weighted by atomic mass is 10.1. The molecule has 2 N–H and O–H groups in total. The first-order chi connectivity index (χ1) is 16.5. The zero-order valence-electron chi connectivity index (χ0n) is 18.6. The maximum Gasteiger partial charge on any atom is 0.261 e. The maximum atomic E-state index is 12.7. The lowest BCUT2D eigenvalue weighted by Crippen LogP contribution is -2.34. The number of aromatic nitrogens is 1. The Morgan fingerprint density at radius 2 is 1.79 bits per heavy atom. The van der Waals surface area contributed by atoms with E-state index in [0.717, 1.165) is 21.9 Å². The van der Waals surface area contributed by atoms with Crippen LogP contribution in [0.3, 0.4) is 0 Å². The van der Waals surface area contributed by atoms with Crippen LogP contribution in [0.2, 0.25) is 0 Å². The highest BCUT2D eigenvalue weighted by molar-refractivity contribution is 7.80. The molecule has 0 bridgehead atoms. The van der Waals surface area contributed by atoms with Crippen molar-refractivity contribution in [3.8, 4) is 17.2 Å². The molecule has 34 heavy (non-hydrogen) atoms. The van der Waals surface area contributed by atoms with E-state index < -0.39 is 0 Å². The second-order valence-electron chi connectivity index (χ2n) is 7.83. The standard InChI is InChI=1S/C27H21N3O3S/c1-16-6-5-9-21(24(16)32-2)25(31)30-27(34)28-20-12-13-23-22(15-20)29-26(33-23)19-11-10-17-7-3-4-8-18(17)14-19/h3-15H,1-2H3,(H2,28,30,31,34). The van der Waals surface area contributed by atoms with Gasteiger partial charge in [-0.3, -0.25) is 10.1 Å². The molecule has 0 saturated carbocycles. The number of anilines is 1. The molecule has 4 aromatic carbocycles. The molecule has 7 heteroatoms. The van der Waals surface area contributed by atoms with Crippen molar-refractivity contribution in [1.29, 1.82) is 0 Å². The molecule has 0 aliphatic heterocycles. The highest BCUT2D eigenvalue weighted by Gasteiger charge is 2.16. The Morgan fingerprint density at radius 1 is 0.971 bits per heavy atom. The molecule has 168 valence electrons. The molecule has 6 nitrogen and oxygen atoms in total. The van der Waals surface area contributed by atoms with Gasteiger partial charge in [0.2, 0.25) is 5.89 Å². The van der Waals surface area contributed by atoms with E-state index in [1.54, 1.807) is 12.1 Å². The molecule has 0 aliphatic carbocycles. The van der Waals surface area contributed by atoms with Crippen molar-refractivity contribution >= 4 is 50.8 Å².